The third-order valence-electron chi connectivity index (χ3n) is 2.89. The molecule has 60 valence electrons. The lowest BCUT2D eigenvalue weighted by Gasteiger charge is -2.43. The molecule has 0 N–H and O–H groups in total. The number of rotatable bonds is 3. The summed E-state index contributed by atoms with van der Waals surface area (Å²) in [6, 6.07) is 0. The third kappa shape index (κ3) is 1.18. The average molecular weight is 142 g/mol. The second kappa shape index (κ2) is 2.51. The van der Waals surface area contributed by atoms with E-state index >= 15 is 0 Å². The van der Waals surface area contributed by atoms with Crippen LogP contribution < -0.4 is 0 Å². The molecule has 1 saturated carbocycles. The molecule has 1 aliphatic rings. The third-order valence-corrected chi connectivity index (χ3v) is 2.89. The summed E-state index contributed by atoms with van der Waals surface area (Å²) in [7, 11) is 1.64. The van der Waals surface area contributed by atoms with Gasteiger partial charge in [-0.1, -0.05) is 6.92 Å². The predicted molar refractivity (Wildman–Crippen MR) is 42.6 cm³/mol. The zero-order valence-electron chi connectivity index (χ0n) is 7.05. The van der Waals surface area contributed by atoms with Crippen molar-refractivity contribution in [3.63, 3.8) is 0 Å². The van der Waals surface area contributed by atoms with Gasteiger partial charge in [-0.3, -0.25) is 0 Å². The molecule has 1 rings (SSSR count). The molecule has 1 atom stereocenters. The smallest absolute Gasteiger partial charge is 0.00857 e. The van der Waals surface area contributed by atoms with Crippen LogP contribution in [-0.2, 0) is 0 Å². The Morgan fingerprint density at radius 3 is 2.20 bits per heavy atom. The van der Waals surface area contributed by atoms with Crippen LogP contribution in [0.3, 0.4) is 0 Å². The lowest BCUT2D eigenvalue weighted by Crippen LogP contribution is -2.41. The molecule has 0 aromatic heterocycles. The summed E-state index contributed by atoms with van der Waals surface area (Å²) in [4.78, 5) is 0. The summed E-state index contributed by atoms with van der Waals surface area (Å²) < 4.78 is 0. The fourth-order valence-corrected chi connectivity index (χ4v) is 1.47. The summed E-state index contributed by atoms with van der Waals surface area (Å²) in [5, 5.41) is 12.2. The first-order chi connectivity index (χ1) is 4.61. The standard InChI is InChI=1S/C8H16NO/c1-4-8(2,9(3)10)7-5-6-7/h7H,4-6H2,1-3H3/q-1. The minimum Gasteiger partial charge on any atom is -0.785 e. The van der Waals surface area contributed by atoms with Gasteiger partial charge in [0.1, 0.15) is 0 Å². The number of hydrogen-bond acceptors (Lipinski definition) is 2. The summed E-state index contributed by atoms with van der Waals surface area (Å²) in [5.74, 6) is 0.667. The van der Waals surface area contributed by atoms with Crippen molar-refractivity contribution in [2.45, 2.75) is 38.6 Å². The van der Waals surface area contributed by atoms with Crippen LogP contribution in [0.2, 0.25) is 0 Å². The van der Waals surface area contributed by atoms with Crippen molar-refractivity contribution in [2.24, 2.45) is 5.92 Å². The molecule has 0 radical (unpaired) electrons. The zero-order chi connectivity index (χ0) is 7.78. The summed E-state index contributed by atoms with van der Waals surface area (Å²) in [6.45, 7) is 4.16. The van der Waals surface area contributed by atoms with Gasteiger partial charge in [-0.05, 0) is 39.2 Å². The van der Waals surface area contributed by atoms with Crippen LogP contribution >= 0.6 is 0 Å². The Balaban J connectivity index is 2.56. The van der Waals surface area contributed by atoms with E-state index < -0.39 is 0 Å². The van der Waals surface area contributed by atoms with E-state index in [1.165, 1.54) is 12.8 Å². The van der Waals surface area contributed by atoms with Crippen LogP contribution in [0.15, 0.2) is 0 Å². The molecule has 0 saturated heterocycles. The number of nitrogens with zero attached hydrogens (tertiary/aromatic N) is 1. The lowest BCUT2D eigenvalue weighted by molar-refractivity contribution is 0.163. The van der Waals surface area contributed by atoms with Crippen molar-refractivity contribution in [3.8, 4) is 0 Å². The van der Waals surface area contributed by atoms with Crippen LogP contribution in [0, 0.1) is 11.1 Å². The first-order valence-electron chi connectivity index (χ1n) is 4.02. The molecule has 0 aromatic rings. The van der Waals surface area contributed by atoms with E-state index in [4.69, 9.17) is 0 Å². The monoisotopic (exact) mass is 142 g/mol. The van der Waals surface area contributed by atoms with Gasteiger partial charge in [0, 0.05) is 5.54 Å². The fourth-order valence-electron chi connectivity index (χ4n) is 1.47. The maximum atomic E-state index is 11.1. The fraction of sp³-hybridized carbons (Fsp3) is 1.00. The van der Waals surface area contributed by atoms with E-state index in [9.17, 15) is 5.21 Å². The van der Waals surface area contributed by atoms with Crippen LogP contribution in [0.25, 0.3) is 0 Å². The normalized spacial score (nSPS) is 24.9. The van der Waals surface area contributed by atoms with Crippen molar-refractivity contribution in [2.75, 3.05) is 7.05 Å². The molecule has 0 bridgehead atoms. The highest BCUT2D eigenvalue weighted by atomic mass is 16.5. The minimum absolute atomic E-state index is 0.0694. The van der Waals surface area contributed by atoms with Crippen LogP contribution in [-0.4, -0.2) is 17.6 Å². The Morgan fingerprint density at radius 2 is 2.10 bits per heavy atom. The summed E-state index contributed by atoms with van der Waals surface area (Å²) >= 11 is 0. The maximum absolute atomic E-state index is 11.1. The van der Waals surface area contributed by atoms with Crippen LogP contribution in [0.5, 0.6) is 0 Å². The Morgan fingerprint density at radius 1 is 1.60 bits per heavy atom. The Kier molecular flexibility index (Phi) is 2.02. The second-order valence-corrected chi connectivity index (χ2v) is 3.48. The maximum Gasteiger partial charge on any atom is 0.00857 e. The quantitative estimate of drug-likeness (QED) is 0.563. The van der Waals surface area contributed by atoms with E-state index in [1.807, 2.05) is 0 Å². The Labute approximate surface area is 62.8 Å². The molecule has 0 heterocycles. The van der Waals surface area contributed by atoms with Gasteiger partial charge in [0.25, 0.3) is 0 Å². The van der Waals surface area contributed by atoms with Gasteiger partial charge in [0.15, 0.2) is 0 Å². The Bertz CT molecular complexity index is 116. The number of hydrogen-bond donors (Lipinski definition) is 0. The van der Waals surface area contributed by atoms with Crippen molar-refractivity contribution in [3.05, 3.63) is 5.21 Å². The van der Waals surface area contributed by atoms with Gasteiger partial charge in [-0.2, -0.15) is 0 Å². The zero-order valence-corrected chi connectivity index (χ0v) is 7.05. The SMILES string of the molecule is CCC(C)(C1CC1)N(C)[O-]. The van der Waals surface area contributed by atoms with E-state index in [2.05, 4.69) is 13.8 Å². The van der Waals surface area contributed by atoms with Gasteiger partial charge < -0.3 is 10.3 Å². The first-order valence-corrected chi connectivity index (χ1v) is 4.02. The number of hydroxylamine groups is 2. The van der Waals surface area contributed by atoms with E-state index in [0.29, 0.717) is 5.92 Å². The van der Waals surface area contributed by atoms with Crippen molar-refractivity contribution < 1.29 is 0 Å². The minimum atomic E-state index is -0.0694. The molecule has 10 heavy (non-hydrogen) atoms. The summed E-state index contributed by atoms with van der Waals surface area (Å²) in [6.07, 6.45) is 3.46. The lowest BCUT2D eigenvalue weighted by atomic mass is 9.93. The molecule has 1 unspecified atom stereocenters. The predicted octanol–water partition coefficient (Wildman–Crippen LogP) is 1.99. The van der Waals surface area contributed by atoms with Gasteiger partial charge >= 0.3 is 0 Å². The molecule has 1 fully saturated rings. The first kappa shape index (κ1) is 8.02. The highest BCUT2D eigenvalue weighted by molar-refractivity contribution is 4.97. The molecule has 0 spiro atoms. The summed E-state index contributed by atoms with van der Waals surface area (Å²) in [5.41, 5.74) is -0.0694. The van der Waals surface area contributed by atoms with E-state index in [-0.39, 0.29) is 5.54 Å². The van der Waals surface area contributed by atoms with Crippen LogP contribution in [0.1, 0.15) is 33.1 Å². The van der Waals surface area contributed by atoms with Crippen molar-refractivity contribution in [1.82, 2.24) is 5.06 Å². The van der Waals surface area contributed by atoms with E-state index in [0.717, 1.165) is 11.5 Å². The Hall–Kier alpha value is -0.0800. The average Bonchev–Trinajstić information content (AvgIpc) is 2.67. The van der Waals surface area contributed by atoms with Crippen molar-refractivity contribution >= 4 is 0 Å². The molecule has 0 amide bonds. The van der Waals surface area contributed by atoms with Crippen LogP contribution in [0.4, 0.5) is 0 Å². The van der Waals surface area contributed by atoms with Gasteiger partial charge in [0.2, 0.25) is 0 Å². The van der Waals surface area contributed by atoms with Gasteiger partial charge in [-0.25, -0.2) is 0 Å². The molecular formula is C8H16NO-. The molecular weight excluding hydrogens is 126 g/mol. The van der Waals surface area contributed by atoms with Gasteiger partial charge in [-0.15, -0.1) is 0 Å². The molecule has 2 heteroatoms. The highest BCUT2D eigenvalue weighted by Gasteiger charge is 2.39. The topological polar surface area (TPSA) is 26.3 Å². The van der Waals surface area contributed by atoms with Gasteiger partial charge in [0.05, 0.1) is 0 Å². The molecule has 0 aromatic carbocycles. The molecule has 2 nitrogen and oxygen atoms in total. The largest absolute Gasteiger partial charge is 0.785 e. The van der Waals surface area contributed by atoms with E-state index in [1.54, 1.807) is 7.05 Å². The second-order valence-electron chi connectivity index (χ2n) is 3.48. The molecule has 0 aliphatic heterocycles. The highest BCUT2D eigenvalue weighted by Crippen LogP contribution is 2.43. The van der Waals surface area contributed by atoms with Crippen molar-refractivity contribution in [1.29, 1.82) is 0 Å². The molecule has 1 aliphatic carbocycles.